The predicted molar refractivity (Wildman–Crippen MR) is 113 cm³/mol. The Hall–Kier alpha value is -2.69. The monoisotopic (exact) mass is 391 g/mol. The first kappa shape index (κ1) is 19.6. The smallest absolute Gasteiger partial charge is 0.228 e. The summed E-state index contributed by atoms with van der Waals surface area (Å²) in [5.41, 5.74) is 2.81. The summed E-state index contributed by atoms with van der Waals surface area (Å²) in [6.07, 6.45) is 7.91. The van der Waals surface area contributed by atoms with E-state index in [-0.39, 0.29) is 17.7 Å². The van der Waals surface area contributed by atoms with E-state index in [0.717, 1.165) is 48.9 Å². The fraction of sp³-hybridized carbons (Fsp3) is 0.458. The van der Waals surface area contributed by atoms with Crippen LogP contribution in [0.2, 0.25) is 0 Å². The number of aromatic nitrogens is 1. The van der Waals surface area contributed by atoms with E-state index in [1.807, 2.05) is 30.0 Å². The van der Waals surface area contributed by atoms with Gasteiger partial charge in [-0.1, -0.05) is 24.3 Å². The molecule has 0 spiro atoms. The van der Waals surface area contributed by atoms with Crippen LogP contribution in [-0.2, 0) is 16.0 Å². The third-order valence-electron chi connectivity index (χ3n) is 6.12. The third kappa shape index (κ3) is 4.34. The predicted octanol–water partition coefficient (Wildman–Crippen LogP) is 3.45. The van der Waals surface area contributed by atoms with Gasteiger partial charge in [0.1, 0.15) is 0 Å². The van der Waals surface area contributed by atoms with Crippen LogP contribution >= 0.6 is 0 Å². The lowest BCUT2D eigenvalue weighted by molar-refractivity contribution is -0.142. The van der Waals surface area contributed by atoms with Crippen LogP contribution in [0.4, 0.5) is 0 Å². The number of carbonyl (C=O) groups excluding carboxylic acids is 2. The SMILES string of the molecule is CCNC(=O)C1(Cc2cccc(-c3ccncc3)c2)CCCN(C(=O)C2CC2)C1. The Morgan fingerprint density at radius 2 is 1.97 bits per heavy atom. The zero-order valence-corrected chi connectivity index (χ0v) is 17.1. The fourth-order valence-electron chi connectivity index (χ4n) is 4.46. The van der Waals surface area contributed by atoms with Crippen LogP contribution in [0.5, 0.6) is 0 Å². The average Bonchev–Trinajstić information content (AvgIpc) is 3.60. The van der Waals surface area contributed by atoms with Gasteiger partial charge >= 0.3 is 0 Å². The molecular weight excluding hydrogens is 362 g/mol. The maximum atomic E-state index is 13.2. The maximum absolute atomic E-state index is 13.2. The van der Waals surface area contributed by atoms with Gasteiger partial charge in [0.05, 0.1) is 5.41 Å². The highest BCUT2D eigenvalue weighted by Gasteiger charge is 2.45. The molecule has 1 N–H and O–H groups in total. The number of nitrogens with zero attached hydrogens (tertiary/aromatic N) is 2. The second-order valence-electron chi connectivity index (χ2n) is 8.39. The van der Waals surface area contributed by atoms with Crippen molar-refractivity contribution in [2.45, 2.75) is 39.0 Å². The Labute approximate surface area is 172 Å². The van der Waals surface area contributed by atoms with Crippen LogP contribution in [0.15, 0.2) is 48.8 Å². The number of amides is 2. The van der Waals surface area contributed by atoms with E-state index in [2.05, 4.69) is 28.5 Å². The minimum Gasteiger partial charge on any atom is -0.356 e. The molecular formula is C24H29N3O2. The number of benzene rings is 1. The number of carbonyl (C=O) groups is 2. The van der Waals surface area contributed by atoms with Crippen molar-refractivity contribution in [2.24, 2.45) is 11.3 Å². The van der Waals surface area contributed by atoms with Crippen molar-refractivity contribution in [3.8, 4) is 11.1 Å². The van der Waals surface area contributed by atoms with Gasteiger partial charge in [0.25, 0.3) is 0 Å². The lowest BCUT2D eigenvalue weighted by atomic mass is 9.74. The zero-order valence-electron chi connectivity index (χ0n) is 17.1. The molecule has 4 rings (SSSR count). The van der Waals surface area contributed by atoms with E-state index in [4.69, 9.17) is 0 Å². The first-order valence-electron chi connectivity index (χ1n) is 10.7. The first-order valence-corrected chi connectivity index (χ1v) is 10.7. The van der Waals surface area contributed by atoms with Crippen molar-refractivity contribution in [1.82, 2.24) is 15.2 Å². The molecule has 1 saturated carbocycles. The summed E-state index contributed by atoms with van der Waals surface area (Å²) in [6.45, 7) is 3.85. The Morgan fingerprint density at radius 3 is 2.69 bits per heavy atom. The molecule has 0 radical (unpaired) electrons. The van der Waals surface area contributed by atoms with Gasteiger partial charge in [0.15, 0.2) is 0 Å². The zero-order chi connectivity index (χ0) is 20.3. The van der Waals surface area contributed by atoms with E-state index >= 15 is 0 Å². The molecule has 152 valence electrons. The number of piperidine rings is 1. The van der Waals surface area contributed by atoms with Crippen molar-refractivity contribution in [2.75, 3.05) is 19.6 Å². The van der Waals surface area contributed by atoms with Gasteiger partial charge in [0, 0.05) is 37.9 Å². The minimum absolute atomic E-state index is 0.0719. The van der Waals surface area contributed by atoms with Crippen molar-refractivity contribution >= 4 is 11.8 Å². The Bertz CT molecular complexity index is 879. The summed E-state index contributed by atoms with van der Waals surface area (Å²) in [5, 5.41) is 3.04. The van der Waals surface area contributed by atoms with E-state index in [1.165, 1.54) is 0 Å². The molecule has 1 aromatic heterocycles. The summed E-state index contributed by atoms with van der Waals surface area (Å²) in [5.74, 6) is 0.501. The number of rotatable bonds is 6. The Kier molecular flexibility index (Phi) is 5.65. The van der Waals surface area contributed by atoms with Crippen LogP contribution in [0, 0.1) is 11.3 Å². The van der Waals surface area contributed by atoms with Crippen molar-refractivity contribution in [3.63, 3.8) is 0 Å². The van der Waals surface area contributed by atoms with Gasteiger partial charge in [-0.15, -0.1) is 0 Å². The highest BCUT2D eigenvalue weighted by molar-refractivity contribution is 5.86. The molecule has 1 aliphatic carbocycles. The molecule has 1 atom stereocenters. The van der Waals surface area contributed by atoms with Crippen molar-refractivity contribution < 1.29 is 9.59 Å². The van der Waals surface area contributed by atoms with Crippen LogP contribution < -0.4 is 5.32 Å². The van der Waals surface area contributed by atoms with Gasteiger partial charge in [-0.2, -0.15) is 0 Å². The number of nitrogens with one attached hydrogen (secondary N) is 1. The van der Waals surface area contributed by atoms with E-state index in [0.29, 0.717) is 19.5 Å². The van der Waals surface area contributed by atoms with Gasteiger partial charge in [-0.3, -0.25) is 14.6 Å². The van der Waals surface area contributed by atoms with Gasteiger partial charge in [0.2, 0.25) is 11.8 Å². The molecule has 2 aromatic rings. The number of hydrogen-bond acceptors (Lipinski definition) is 3. The van der Waals surface area contributed by atoms with Gasteiger partial charge in [-0.25, -0.2) is 0 Å². The van der Waals surface area contributed by atoms with Crippen LogP contribution in [0.25, 0.3) is 11.1 Å². The summed E-state index contributed by atoms with van der Waals surface area (Å²) < 4.78 is 0. The lowest BCUT2D eigenvalue weighted by Crippen LogP contribution is -2.54. The molecule has 0 bridgehead atoms. The molecule has 2 aliphatic rings. The van der Waals surface area contributed by atoms with Gasteiger partial charge in [-0.05, 0) is 67.9 Å². The summed E-state index contributed by atoms with van der Waals surface area (Å²) >= 11 is 0. The molecule has 1 aromatic carbocycles. The first-order chi connectivity index (χ1) is 14.1. The number of likely N-dealkylation sites (tertiary alicyclic amines) is 1. The molecule has 1 saturated heterocycles. The van der Waals surface area contributed by atoms with Crippen LogP contribution in [-0.4, -0.2) is 41.3 Å². The normalized spacial score (nSPS) is 21.6. The standard InChI is InChI=1S/C24H29N3O2/c1-2-26-23(29)24(11-4-14-27(17-24)22(28)20-7-8-20)16-18-5-3-6-21(15-18)19-9-12-25-13-10-19/h3,5-6,9-10,12-13,15,20H,2,4,7-8,11,14,16-17H2,1H3,(H,26,29). The second-order valence-corrected chi connectivity index (χ2v) is 8.39. The van der Waals surface area contributed by atoms with Crippen LogP contribution in [0.1, 0.15) is 38.2 Å². The summed E-state index contributed by atoms with van der Waals surface area (Å²) in [4.78, 5) is 31.9. The van der Waals surface area contributed by atoms with Crippen molar-refractivity contribution in [1.29, 1.82) is 0 Å². The molecule has 1 unspecified atom stereocenters. The topological polar surface area (TPSA) is 62.3 Å². The lowest BCUT2D eigenvalue weighted by Gasteiger charge is -2.42. The summed E-state index contributed by atoms with van der Waals surface area (Å²) in [7, 11) is 0. The van der Waals surface area contributed by atoms with Crippen molar-refractivity contribution in [3.05, 3.63) is 54.4 Å². The molecule has 5 nitrogen and oxygen atoms in total. The molecule has 2 fully saturated rings. The minimum atomic E-state index is -0.560. The Morgan fingerprint density at radius 1 is 1.17 bits per heavy atom. The van der Waals surface area contributed by atoms with Gasteiger partial charge < -0.3 is 10.2 Å². The van der Waals surface area contributed by atoms with E-state index in [9.17, 15) is 9.59 Å². The van der Waals surface area contributed by atoms with E-state index < -0.39 is 5.41 Å². The Balaban J connectivity index is 1.61. The molecule has 5 heteroatoms. The average molecular weight is 392 g/mol. The summed E-state index contributed by atoms with van der Waals surface area (Å²) in [6, 6.07) is 12.4. The highest BCUT2D eigenvalue weighted by atomic mass is 16.2. The number of pyridine rings is 1. The van der Waals surface area contributed by atoms with E-state index in [1.54, 1.807) is 12.4 Å². The quantitative estimate of drug-likeness (QED) is 0.820. The number of hydrogen-bond donors (Lipinski definition) is 1. The molecule has 1 aliphatic heterocycles. The van der Waals surface area contributed by atoms with Crippen LogP contribution in [0.3, 0.4) is 0 Å². The molecule has 29 heavy (non-hydrogen) atoms. The highest BCUT2D eigenvalue weighted by Crippen LogP contribution is 2.38. The maximum Gasteiger partial charge on any atom is 0.228 e. The molecule has 2 heterocycles. The third-order valence-corrected chi connectivity index (χ3v) is 6.12. The molecule has 2 amide bonds. The second kappa shape index (κ2) is 8.36. The fourth-order valence-corrected chi connectivity index (χ4v) is 4.46. The largest absolute Gasteiger partial charge is 0.356 e.